The van der Waals surface area contributed by atoms with Gasteiger partial charge in [-0.05, 0) is 23.4 Å². The molecule has 8 heteroatoms. The molecule has 0 unspecified atom stereocenters. The number of aromatic nitrogens is 3. The van der Waals surface area contributed by atoms with Gasteiger partial charge in [-0.15, -0.1) is 5.10 Å². The van der Waals surface area contributed by atoms with Gasteiger partial charge in [0.15, 0.2) is 0 Å². The van der Waals surface area contributed by atoms with Crippen LogP contribution in [0.3, 0.4) is 0 Å². The van der Waals surface area contributed by atoms with Gasteiger partial charge < -0.3 is 4.74 Å². The quantitative estimate of drug-likeness (QED) is 0.493. The lowest BCUT2D eigenvalue weighted by atomic mass is 10.3. The second-order valence-electron chi connectivity index (χ2n) is 5.60. The number of fused-ring (bicyclic) bond motifs is 1. The Hall–Kier alpha value is -1.96. The van der Waals surface area contributed by atoms with Gasteiger partial charge in [0.2, 0.25) is 0 Å². The molecule has 0 radical (unpaired) electrons. The molecule has 1 heterocycles. The van der Waals surface area contributed by atoms with Crippen molar-refractivity contribution in [1.82, 2.24) is 15.2 Å². The molecule has 0 spiro atoms. The topological polar surface area (TPSA) is 66.2 Å². The second kappa shape index (κ2) is 5.57. The van der Waals surface area contributed by atoms with Gasteiger partial charge in [-0.3, -0.25) is 4.84 Å². The lowest BCUT2D eigenvalue weighted by Crippen LogP contribution is -2.26. The molecule has 0 aliphatic carbocycles. The maximum Gasteiger partial charge on any atom is 0.535 e. The van der Waals surface area contributed by atoms with Crippen LogP contribution in [0.2, 0.25) is 25.7 Å². The van der Waals surface area contributed by atoms with Crippen molar-refractivity contribution in [3.05, 3.63) is 24.0 Å². The minimum atomic E-state index is -1.26. The number of halogens is 1. The van der Waals surface area contributed by atoms with E-state index in [4.69, 9.17) is 9.57 Å². The van der Waals surface area contributed by atoms with Gasteiger partial charge in [-0.25, -0.2) is 9.18 Å². The summed E-state index contributed by atoms with van der Waals surface area (Å²) in [5.74, 6) is -0.428. The van der Waals surface area contributed by atoms with Crippen molar-refractivity contribution in [1.29, 1.82) is 0 Å². The minimum Gasteiger partial charge on any atom is -0.433 e. The van der Waals surface area contributed by atoms with Gasteiger partial charge in [0.25, 0.3) is 0 Å². The molecular formula is C12H16FN3O3Si. The lowest BCUT2D eigenvalue weighted by molar-refractivity contribution is 0.0426. The molecule has 0 N–H and O–H groups in total. The monoisotopic (exact) mass is 297 g/mol. The smallest absolute Gasteiger partial charge is 0.433 e. The fraction of sp³-hybridized carbons (Fsp3) is 0.417. The van der Waals surface area contributed by atoms with Crippen molar-refractivity contribution in [3.63, 3.8) is 0 Å². The predicted molar refractivity (Wildman–Crippen MR) is 73.6 cm³/mol. The normalized spacial score (nSPS) is 11.6. The van der Waals surface area contributed by atoms with Crippen molar-refractivity contribution in [2.45, 2.75) is 25.7 Å². The van der Waals surface area contributed by atoms with Crippen LogP contribution in [0.5, 0.6) is 0 Å². The Balaban J connectivity index is 1.96. The molecule has 1 aromatic carbocycles. The van der Waals surface area contributed by atoms with E-state index in [1.54, 1.807) is 0 Å². The standard InChI is InChI=1S/C12H16FN3O3Si/c1-20(2,3)7-6-18-12(17)19-16-11-5-4-9(13)8-10(11)14-15-16/h4-5,8H,6-7H2,1-3H3. The maximum atomic E-state index is 13.0. The Bertz CT molecular complexity index is 624. The summed E-state index contributed by atoms with van der Waals surface area (Å²) >= 11 is 0. The average Bonchev–Trinajstić information content (AvgIpc) is 2.70. The minimum absolute atomic E-state index is 0.305. The largest absolute Gasteiger partial charge is 0.535 e. The first kappa shape index (κ1) is 14.4. The Morgan fingerprint density at radius 2 is 2.15 bits per heavy atom. The Morgan fingerprint density at radius 3 is 2.85 bits per heavy atom. The van der Waals surface area contributed by atoms with Crippen LogP contribution in [0.25, 0.3) is 11.0 Å². The summed E-state index contributed by atoms with van der Waals surface area (Å²) in [7, 11) is -1.26. The molecule has 1 aromatic heterocycles. The third-order valence-corrected chi connectivity index (χ3v) is 4.31. The van der Waals surface area contributed by atoms with E-state index < -0.39 is 20.0 Å². The zero-order valence-electron chi connectivity index (χ0n) is 11.6. The van der Waals surface area contributed by atoms with Gasteiger partial charge in [-0.1, -0.05) is 24.5 Å². The van der Waals surface area contributed by atoms with Crippen LogP contribution in [0, 0.1) is 5.82 Å². The van der Waals surface area contributed by atoms with E-state index in [1.165, 1.54) is 18.2 Å². The second-order valence-corrected chi connectivity index (χ2v) is 11.2. The molecule has 0 saturated carbocycles. The maximum absolute atomic E-state index is 13.0. The fourth-order valence-electron chi connectivity index (χ4n) is 1.48. The molecule has 2 aromatic rings. The van der Waals surface area contributed by atoms with Crippen molar-refractivity contribution in [3.8, 4) is 0 Å². The third-order valence-electron chi connectivity index (χ3n) is 2.61. The summed E-state index contributed by atoms with van der Waals surface area (Å²) in [5.41, 5.74) is 0.702. The van der Waals surface area contributed by atoms with Gasteiger partial charge in [-0.2, -0.15) is 0 Å². The van der Waals surface area contributed by atoms with E-state index in [0.717, 1.165) is 10.9 Å². The van der Waals surface area contributed by atoms with Crippen molar-refractivity contribution in [2.24, 2.45) is 0 Å². The first-order chi connectivity index (χ1) is 9.35. The molecule has 6 nitrogen and oxygen atoms in total. The SMILES string of the molecule is C[Si](C)(C)CCOC(=O)On1nnc2cc(F)ccc21. The van der Waals surface area contributed by atoms with Crippen LogP contribution >= 0.6 is 0 Å². The van der Waals surface area contributed by atoms with Crippen LogP contribution in [0.1, 0.15) is 0 Å². The Morgan fingerprint density at radius 1 is 1.40 bits per heavy atom. The molecular weight excluding hydrogens is 281 g/mol. The third kappa shape index (κ3) is 3.76. The summed E-state index contributed by atoms with van der Waals surface area (Å²) in [6, 6.07) is 4.73. The average molecular weight is 297 g/mol. The number of carbonyl (C=O) groups is 1. The van der Waals surface area contributed by atoms with Crippen molar-refractivity contribution in [2.75, 3.05) is 6.61 Å². The van der Waals surface area contributed by atoms with E-state index in [9.17, 15) is 9.18 Å². The summed E-state index contributed by atoms with van der Waals surface area (Å²) in [6.07, 6.45) is -0.848. The molecule has 0 amide bonds. The highest BCUT2D eigenvalue weighted by Crippen LogP contribution is 2.12. The van der Waals surface area contributed by atoms with Crippen LogP contribution in [-0.4, -0.2) is 36.0 Å². The highest BCUT2D eigenvalue weighted by molar-refractivity contribution is 6.76. The first-order valence-electron chi connectivity index (χ1n) is 6.21. The Kier molecular flexibility index (Phi) is 4.03. The van der Waals surface area contributed by atoms with Crippen molar-refractivity contribution >= 4 is 25.3 Å². The number of rotatable bonds is 4. The van der Waals surface area contributed by atoms with Gasteiger partial charge >= 0.3 is 6.16 Å². The lowest BCUT2D eigenvalue weighted by Gasteiger charge is -2.14. The molecule has 0 saturated heterocycles. The number of hydrogen-bond acceptors (Lipinski definition) is 5. The highest BCUT2D eigenvalue weighted by atomic mass is 28.3. The van der Waals surface area contributed by atoms with Crippen molar-refractivity contribution < 1.29 is 18.8 Å². The van der Waals surface area contributed by atoms with E-state index in [1.807, 2.05) is 0 Å². The first-order valence-corrected chi connectivity index (χ1v) is 9.92. The van der Waals surface area contributed by atoms with E-state index >= 15 is 0 Å². The van der Waals surface area contributed by atoms with Gasteiger partial charge in [0.05, 0.1) is 6.61 Å². The number of benzene rings is 1. The summed E-state index contributed by atoms with van der Waals surface area (Å²) in [4.78, 5) is 17.3. The molecule has 0 fully saturated rings. The molecule has 20 heavy (non-hydrogen) atoms. The molecule has 0 aliphatic rings. The summed E-state index contributed by atoms with van der Waals surface area (Å²) in [5, 5.41) is 7.32. The van der Waals surface area contributed by atoms with Gasteiger partial charge in [0.1, 0.15) is 16.9 Å². The van der Waals surface area contributed by atoms with E-state index in [-0.39, 0.29) is 0 Å². The number of nitrogens with zero attached hydrogens (tertiary/aromatic N) is 3. The summed E-state index contributed by atoms with van der Waals surface area (Å²) < 4.78 is 18.0. The van der Waals surface area contributed by atoms with Crippen LogP contribution in [0.15, 0.2) is 18.2 Å². The molecule has 108 valence electrons. The van der Waals surface area contributed by atoms with Gasteiger partial charge in [0, 0.05) is 14.1 Å². The van der Waals surface area contributed by atoms with Crippen LogP contribution in [-0.2, 0) is 4.74 Å². The van der Waals surface area contributed by atoms with Crippen LogP contribution < -0.4 is 4.84 Å². The van der Waals surface area contributed by atoms with E-state index in [0.29, 0.717) is 17.6 Å². The fourth-order valence-corrected chi connectivity index (χ4v) is 2.19. The molecule has 2 rings (SSSR count). The zero-order valence-corrected chi connectivity index (χ0v) is 12.6. The number of carbonyl (C=O) groups excluding carboxylic acids is 1. The Labute approximate surface area is 116 Å². The zero-order chi connectivity index (χ0) is 14.8. The highest BCUT2D eigenvalue weighted by Gasteiger charge is 2.16. The van der Waals surface area contributed by atoms with Crippen LogP contribution in [0.4, 0.5) is 9.18 Å². The predicted octanol–water partition coefficient (Wildman–Crippen LogP) is 2.47. The molecule has 0 atom stereocenters. The summed E-state index contributed by atoms with van der Waals surface area (Å²) in [6.45, 7) is 6.86. The number of hydrogen-bond donors (Lipinski definition) is 0. The molecule has 0 aliphatic heterocycles. The number of ether oxygens (including phenoxy) is 1. The van der Waals surface area contributed by atoms with E-state index in [2.05, 4.69) is 30.0 Å². The molecule has 0 bridgehead atoms.